The lowest BCUT2D eigenvalue weighted by molar-refractivity contribution is -0.0370. The van der Waals surface area contributed by atoms with Gasteiger partial charge in [0, 0.05) is 31.1 Å². The van der Waals surface area contributed by atoms with Gasteiger partial charge in [-0.05, 0) is 51.3 Å². The number of benzene rings is 1. The lowest BCUT2D eigenvalue weighted by atomic mass is 9.73. The van der Waals surface area contributed by atoms with Gasteiger partial charge in [-0.1, -0.05) is 24.6 Å². The number of ether oxygens (including phenoxy) is 1. The number of hydrogen-bond acceptors (Lipinski definition) is 3. The molecule has 0 amide bonds. The lowest BCUT2D eigenvalue weighted by Crippen LogP contribution is -2.49. The van der Waals surface area contributed by atoms with E-state index in [0.29, 0.717) is 6.04 Å². The molecule has 2 aliphatic heterocycles. The molecular weight excluding hydrogens is 272 g/mol. The number of rotatable bonds is 4. The summed E-state index contributed by atoms with van der Waals surface area (Å²) in [6.45, 7) is 4.85. The number of nitrogens with zero attached hydrogens (tertiary/aromatic N) is 1. The van der Waals surface area contributed by atoms with Crippen molar-refractivity contribution in [2.45, 2.75) is 56.6 Å². The molecule has 1 spiro atoms. The van der Waals surface area contributed by atoms with Crippen molar-refractivity contribution in [1.29, 1.82) is 0 Å². The van der Waals surface area contributed by atoms with E-state index >= 15 is 0 Å². The number of piperidine rings is 1. The second-order valence-corrected chi connectivity index (χ2v) is 7.29. The Hall–Kier alpha value is -1.06. The molecule has 1 aromatic carbocycles. The first-order valence-corrected chi connectivity index (χ1v) is 9.08. The van der Waals surface area contributed by atoms with Crippen LogP contribution in [0.2, 0.25) is 0 Å². The molecule has 1 atom stereocenters. The van der Waals surface area contributed by atoms with E-state index in [9.17, 15) is 0 Å². The van der Waals surface area contributed by atoms with E-state index in [1.165, 1.54) is 63.7 Å². The molecule has 3 heteroatoms. The quantitative estimate of drug-likeness (QED) is 0.921. The van der Waals surface area contributed by atoms with Gasteiger partial charge in [-0.2, -0.15) is 0 Å². The lowest BCUT2D eigenvalue weighted by Gasteiger charge is -2.48. The fraction of sp³-hybridized carbons (Fsp3) is 0.684. The normalized spacial score (nSPS) is 27.0. The molecule has 0 aromatic heterocycles. The fourth-order valence-corrected chi connectivity index (χ4v) is 4.26. The van der Waals surface area contributed by atoms with Crippen molar-refractivity contribution in [3.63, 3.8) is 0 Å². The van der Waals surface area contributed by atoms with Gasteiger partial charge in [0.1, 0.15) is 11.4 Å². The molecule has 1 N–H and O–H groups in total. The molecule has 4 rings (SSSR count). The number of hydrogen-bond donors (Lipinski definition) is 1. The van der Waals surface area contributed by atoms with Crippen LogP contribution in [-0.2, 0) is 0 Å². The van der Waals surface area contributed by atoms with E-state index in [1.807, 2.05) is 0 Å². The standard InChI is InChI=1S/C19H28N2O/c1-4-12-21(13-5-1)14-11-20-17-15-19(9-6-10-19)22-18-8-3-2-7-16(17)18/h2-3,7-8,17,20H,1,4-6,9-15H2/t17-/m0/s1. The van der Waals surface area contributed by atoms with E-state index < -0.39 is 0 Å². The minimum atomic E-state index is 0.136. The minimum absolute atomic E-state index is 0.136. The van der Waals surface area contributed by atoms with E-state index in [4.69, 9.17) is 4.74 Å². The number of nitrogens with one attached hydrogen (secondary N) is 1. The third-order valence-electron chi connectivity index (χ3n) is 5.73. The van der Waals surface area contributed by atoms with Gasteiger partial charge in [-0.15, -0.1) is 0 Å². The van der Waals surface area contributed by atoms with Crippen LogP contribution in [0.15, 0.2) is 24.3 Å². The molecule has 120 valence electrons. The first-order valence-electron chi connectivity index (χ1n) is 9.08. The predicted octanol–water partition coefficient (Wildman–Crippen LogP) is 3.51. The van der Waals surface area contributed by atoms with Crippen molar-refractivity contribution in [2.24, 2.45) is 0 Å². The first-order chi connectivity index (χ1) is 10.8. The zero-order valence-electron chi connectivity index (χ0n) is 13.5. The summed E-state index contributed by atoms with van der Waals surface area (Å²) < 4.78 is 6.33. The zero-order valence-corrected chi connectivity index (χ0v) is 13.5. The number of likely N-dealkylation sites (tertiary alicyclic amines) is 1. The van der Waals surface area contributed by atoms with Crippen molar-refractivity contribution >= 4 is 0 Å². The van der Waals surface area contributed by atoms with Crippen LogP contribution in [-0.4, -0.2) is 36.7 Å². The summed E-state index contributed by atoms with van der Waals surface area (Å²) in [6.07, 6.45) is 9.09. The van der Waals surface area contributed by atoms with Crippen molar-refractivity contribution in [2.75, 3.05) is 26.2 Å². The molecule has 1 aromatic rings. The second kappa shape index (κ2) is 6.21. The largest absolute Gasteiger partial charge is 0.487 e. The highest BCUT2D eigenvalue weighted by atomic mass is 16.5. The third-order valence-corrected chi connectivity index (χ3v) is 5.73. The van der Waals surface area contributed by atoms with Gasteiger partial charge in [0.2, 0.25) is 0 Å². The van der Waals surface area contributed by atoms with Crippen molar-refractivity contribution in [3.05, 3.63) is 29.8 Å². The smallest absolute Gasteiger partial charge is 0.124 e. The summed E-state index contributed by atoms with van der Waals surface area (Å²) in [5.74, 6) is 1.11. The van der Waals surface area contributed by atoms with Gasteiger partial charge in [0.15, 0.2) is 0 Å². The molecule has 0 bridgehead atoms. The van der Waals surface area contributed by atoms with Crippen LogP contribution >= 0.6 is 0 Å². The molecule has 2 heterocycles. The zero-order chi connectivity index (χ0) is 14.8. The van der Waals surface area contributed by atoms with E-state index in [2.05, 4.69) is 34.5 Å². The van der Waals surface area contributed by atoms with Crippen LogP contribution in [0.25, 0.3) is 0 Å². The predicted molar refractivity (Wildman–Crippen MR) is 89.3 cm³/mol. The Morgan fingerprint density at radius 3 is 2.68 bits per heavy atom. The van der Waals surface area contributed by atoms with Crippen LogP contribution in [0.1, 0.15) is 56.6 Å². The molecule has 0 radical (unpaired) electrons. The maximum atomic E-state index is 6.33. The van der Waals surface area contributed by atoms with Gasteiger partial charge >= 0.3 is 0 Å². The van der Waals surface area contributed by atoms with Crippen molar-refractivity contribution in [1.82, 2.24) is 10.2 Å². The summed E-state index contributed by atoms with van der Waals surface area (Å²) in [4.78, 5) is 2.61. The Balaban J connectivity index is 1.39. The van der Waals surface area contributed by atoms with Crippen LogP contribution in [0, 0.1) is 0 Å². The molecule has 1 saturated carbocycles. The van der Waals surface area contributed by atoms with Gasteiger partial charge in [0.25, 0.3) is 0 Å². The van der Waals surface area contributed by atoms with Crippen LogP contribution in [0.4, 0.5) is 0 Å². The topological polar surface area (TPSA) is 24.5 Å². The molecule has 3 aliphatic rings. The Bertz CT molecular complexity index is 506. The van der Waals surface area contributed by atoms with Crippen molar-refractivity contribution < 1.29 is 4.74 Å². The molecule has 3 nitrogen and oxygen atoms in total. The molecule has 1 aliphatic carbocycles. The maximum absolute atomic E-state index is 6.33. The van der Waals surface area contributed by atoms with Crippen LogP contribution in [0.5, 0.6) is 5.75 Å². The van der Waals surface area contributed by atoms with Gasteiger partial charge in [-0.25, -0.2) is 0 Å². The fourth-order valence-electron chi connectivity index (χ4n) is 4.26. The van der Waals surface area contributed by atoms with Crippen LogP contribution in [0.3, 0.4) is 0 Å². The van der Waals surface area contributed by atoms with Gasteiger partial charge in [0.05, 0.1) is 0 Å². The summed E-state index contributed by atoms with van der Waals surface area (Å²) in [6, 6.07) is 9.09. The molecule has 1 saturated heterocycles. The number of fused-ring (bicyclic) bond motifs is 1. The summed E-state index contributed by atoms with van der Waals surface area (Å²) in [5, 5.41) is 3.83. The highest BCUT2D eigenvalue weighted by molar-refractivity contribution is 5.39. The molecular formula is C19H28N2O. The Kier molecular flexibility index (Phi) is 4.10. The highest BCUT2D eigenvalue weighted by Crippen LogP contribution is 2.48. The monoisotopic (exact) mass is 300 g/mol. The van der Waals surface area contributed by atoms with E-state index in [1.54, 1.807) is 0 Å². The molecule has 0 unspecified atom stereocenters. The van der Waals surface area contributed by atoms with Crippen LogP contribution < -0.4 is 10.1 Å². The Morgan fingerprint density at radius 1 is 1.09 bits per heavy atom. The maximum Gasteiger partial charge on any atom is 0.124 e. The Morgan fingerprint density at radius 2 is 1.91 bits per heavy atom. The first kappa shape index (κ1) is 14.5. The highest BCUT2D eigenvalue weighted by Gasteiger charge is 2.45. The van der Waals surface area contributed by atoms with Gasteiger partial charge < -0.3 is 15.0 Å². The average molecular weight is 300 g/mol. The van der Waals surface area contributed by atoms with Gasteiger partial charge in [-0.3, -0.25) is 0 Å². The second-order valence-electron chi connectivity index (χ2n) is 7.29. The SMILES string of the molecule is c1ccc2c(c1)OC1(CCC1)C[C@@H]2NCCN1CCCCC1. The van der Waals surface area contributed by atoms with E-state index in [0.717, 1.165) is 18.7 Å². The third kappa shape index (κ3) is 2.89. The molecule has 22 heavy (non-hydrogen) atoms. The van der Waals surface area contributed by atoms with E-state index in [-0.39, 0.29) is 5.60 Å². The molecule has 2 fully saturated rings. The number of para-hydroxylation sites is 1. The summed E-state index contributed by atoms with van der Waals surface area (Å²) >= 11 is 0. The minimum Gasteiger partial charge on any atom is -0.487 e. The summed E-state index contributed by atoms with van der Waals surface area (Å²) in [7, 11) is 0. The average Bonchev–Trinajstić information content (AvgIpc) is 2.54. The summed E-state index contributed by atoms with van der Waals surface area (Å²) in [5.41, 5.74) is 1.50. The van der Waals surface area contributed by atoms with Crippen molar-refractivity contribution in [3.8, 4) is 5.75 Å². The Labute approximate surface area is 134 Å².